The zero-order chi connectivity index (χ0) is 30.5. The fourth-order valence-electron chi connectivity index (χ4n) is 5.24. The van der Waals surface area contributed by atoms with Gasteiger partial charge in [-0.25, -0.2) is 4.79 Å². The Labute approximate surface area is 260 Å². The summed E-state index contributed by atoms with van der Waals surface area (Å²) in [4.78, 5) is 41.4. The molecular formula is C32H28ClN3O5S2. The van der Waals surface area contributed by atoms with Gasteiger partial charge in [-0.2, -0.15) is 0 Å². The quantitative estimate of drug-likeness (QED) is 0.168. The zero-order valence-corrected chi connectivity index (χ0v) is 26.0. The van der Waals surface area contributed by atoms with Crippen LogP contribution in [0.5, 0.6) is 5.75 Å². The number of phenolic OH excluding ortho intramolecular Hbond substituents is 1. The molecule has 11 heteroatoms. The Hall–Kier alpha value is -4.12. The van der Waals surface area contributed by atoms with Gasteiger partial charge in [0.1, 0.15) is 11.4 Å². The van der Waals surface area contributed by atoms with E-state index in [9.17, 15) is 19.5 Å². The summed E-state index contributed by atoms with van der Waals surface area (Å²) in [5.41, 5.74) is 2.07. The van der Waals surface area contributed by atoms with E-state index in [1.54, 1.807) is 49.3 Å². The Bertz CT molecular complexity index is 1910. The number of fused-ring (bicyclic) bond motifs is 4. The van der Waals surface area contributed by atoms with E-state index in [1.807, 2.05) is 42.5 Å². The Morgan fingerprint density at radius 2 is 1.77 bits per heavy atom. The average molecular weight is 634 g/mol. The standard InChI is InChI=1S/C32H28ClN3O5S2/c1-32(2,3)41-31(40)35-20-12-26(42-16-20)29(38)34-19-8-9-25-17(10-19)11-27(43-25)30(39)36-15-18(14-33)28-22-7-5-4-6-21(22)24(37)13-23(28)36/h4-13,16,18,37H,14-15H2,1-3H3,(H,34,38)(H,35,40)/t18-/m1/s1. The topological polar surface area (TPSA) is 108 Å². The number of carbonyl (C=O) groups is 3. The molecular weight excluding hydrogens is 606 g/mol. The SMILES string of the molecule is CC(C)(C)OC(=O)Nc1csc(C(=O)Nc2ccc3sc(C(=O)N4C[C@@H](CCl)c5c4cc(O)c4ccccc54)cc3c2)c1. The smallest absolute Gasteiger partial charge is 0.412 e. The Kier molecular flexibility index (Phi) is 7.53. The van der Waals surface area contributed by atoms with Crippen molar-refractivity contribution in [2.24, 2.45) is 0 Å². The predicted octanol–water partition coefficient (Wildman–Crippen LogP) is 8.40. The Morgan fingerprint density at radius 1 is 1.00 bits per heavy atom. The molecule has 0 bridgehead atoms. The minimum Gasteiger partial charge on any atom is -0.507 e. The average Bonchev–Trinajstić information content (AvgIpc) is 3.68. The monoisotopic (exact) mass is 633 g/mol. The van der Waals surface area contributed by atoms with Crippen LogP contribution in [-0.4, -0.2) is 41.0 Å². The van der Waals surface area contributed by atoms with E-state index in [0.29, 0.717) is 39.2 Å². The largest absolute Gasteiger partial charge is 0.507 e. The number of hydrogen-bond acceptors (Lipinski definition) is 7. The van der Waals surface area contributed by atoms with Gasteiger partial charge in [0, 0.05) is 45.6 Å². The second kappa shape index (κ2) is 11.2. The van der Waals surface area contributed by atoms with E-state index in [0.717, 1.165) is 26.4 Å². The minimum atomic E-state index is -0.630. The van der Waals surface area contributed by atoms with Crippen LogP contribution >= 0.6 is 34.3 Å². The van der Waals surface area contributed by atoms with Gasteiger partial charge in [0.2, 0.25) is 0 Å². The van der Waals surface area contributed by atoms with Gasteiger partial charge in [-0.1, -0.05) is 24.3 Å². The van der Waals surface area contributed by atoms with Gasteiger partial charge in [0.05, 0.1) is 21.1 Å². The normalized spacial score (nSPS) is 14.6. The molecule has 3 heterocycles. The second-order valence-corrected chi connectivity index (χ2v) is 13.6. The van der Waals surface area contributed by atoms with Crippen LogP contribution in [0.15, 0.2) is 66.0 Å². The van der Waals surface area contributed by atoms with E-state index >= 15 is 0 Å². The van der Waals surface area contributed by atoms with Crippen LogP contribution in [-0.2, 0) is 4.74 Å². The van der Waals surface area contributed by atoms with Crippen molar-refractivity contribution >= 4 is 90.1 Å². The van der Waals surface area contributed by atoms with E-state index in [4.69, 9.17) is 16.3 Å². The highest BCUT2D eigenvalue weighted by Gasteiger charge is 2.35. The van der Waals surface area contributed by atoms with Crippen molar-refractivity contribution in [1.82, 2.24) is 0 Å². The van der Waals surface area contributed by atoms with E-state index in [2.05, 4.69) is 10.6 Å². The molecule has 220 valence electrons. The molecule has 3 N–H and O–H groups in total. The Balaban J connectivity index is 1.20. The number of thiophene rings is 2. The van der Waals surface area contributed by atoms with Crippen LogP contribution in [0.4, 0.5) is 21.9 Å². The summed E-state index contributed by atoms with van der Waals surface area (Å²) in [5, 5.41) is 20.4. The van der Waals surface area contributed by atoms with Crippen molar-refractivity contribution < 1.29 is 24.2 Å². The van der Waals surface area contributed by atoms with Crippen molar-refractivity contribution in [3.05, 3.63) is 81.4 Å². The van der Waals surface area contributed by atoms with Crippen LogP contribution in [0.2, 0.25) is 0 Å². The third-order valence-corrected chi connectivity index (χ3v) is 9.44. The fourth-order valence-corrected chi connectivity index (χ4v) is 7.22. The van der Waals surface area contributed by atoms with Crippen molar-refractivity contribution in [2.45, 2.75) is 32.3 Å². The molecule has 0 saturated heterocycles. The van der Waals surface area contributed by atoms with E-state index in [-0.39, 0.29) is 23.5 Å². The lowest BCUT2D eigenvalue weighted by molar-refractivity contribution is 0.0635. The summed E-state index contributed by atoms with van der Waals surface area (Å²) < 4.78 is 6.16. The highest BCUT2D eigenvalue weighted by atomic mass is 35.5. The molecule has 0 fully saturated rings. The number of carbonyl (C=O) groups excluding carboxylic acids is 3. The highest BCUT2D eigenvalue weighted by molar-refractivity contribution is 7.21. The number of alkyl halides is 1. The maximum Gasteiger partial charge on any atom is 0.412 e. The highest BCUT2D eigenvalue weighted by Crippen LogP contribution is 2.46. The Morgan fingerprint density at radius 3 is 2.51 bits per heavy atom. The molecule has 8 nitrogen and oxygen atoms in total. The van der Waals surface area contributed by atoms with Gasteiger partial charge >= 0.3 is 6.09 Å². The summed E-state index contributed by atoms with van der Waals surface area (Å²) in [6.45, 7) is 5.75. The van der Waals surface area contributed by atoms with Gasteiger partial charge in [-0.15, -0.1) is 34.3 Å². The third-order valence-electron chi connectivity index (χ3n) is 7.03. The lowest BCUT2D eigenvalue weighted by Crippen LogP contribution is -2.29. The van der Waals surface area contributed by atoms with Gasteiger partial charge in [-0.05, 0) is 67.4 Å². The number of phenols is 1. The number of hydrogen-bond donors (Lipinski definition) is 3. The number of aromatic hydroxyl groups is 1. The number of benzene rings is 3. The molecule has 0 radical (unpaired) electrons. The van der Waals surface area contributed by atoms with Crippen LogP contribution in [0.25, 0.3) is 20.9 Å². The number of rotatable bonds is 5. The molecule has 1 aliphatic rings. The molecule has 0 spiro atoms. The van der Waals surface area contributed by atoms with E-state index in [1.165, 1.54) is 22.7 Å². The predicted molar refractivity (Wildman–Crippen MR) is 175 cm³/mol. The maximum absolute atomic E-state index is 13.8. The molecule has 3 aromatic carbocycles. The molecule has 0 unspecified atom stereocenters. The summed E-state index contributed by atoms with van der Waals surface area (Å²) in [7, 11) is 0. The summed E-state index contributed by atoms with van der Waals surface area (Å²) in [6, 6.07) is 18.2. The van der Waals surface area contributed by atoms with Crippen molar-refractivity contribution in [2.75, 3.05) is 28.0 Å². The molecule has 0 aliphatic carbocycles. The van der Waals surface area contributed by atoms with Crippen molar-refractivity contribution in [3.8, 4) is 5.75 Å². The third kappa shape index (κ3) is 5.78. The van der Waals surface area contributed by atoms with Crippen molar-refractivity contribution in [1.29, 1.82) is 0 Å². The van der Waals surface area contributed by atoms with Crippen LogP contribution < -0.4 is 15.5 Å². The van der Waals surface area contributed by atoms with E-state index < -0.39 is 11.7 Å². The molecule has 1 atom stereocenters. The molecule has 2 aromatic heterocycles. The molecule has 6 rings (SSSR count). The van der Waals surface area contributed by atoms with Gasteiger partial charge in [-0.3, -0.25) is 14.9 Å². The summed E-state index contributed by atoms with van der Waals surface area (Å²) in [5.74, 6) is -0.0685. The molecule has 1 aliphatic heterocycles. The molecule has 43 heavy (non-hydrogen) atoms. The number of ether oxygens (including phenoxy) is 1. The number of nitrogens with one attached hydrogen (secondary N) is 2. The zero-order valence-electron chi connectivity index (χ0n) is 23.6. The van der Waals surface area contributed by atoms with Crippen molar-refractivity contribution in [3.63, 3.8) is 0 Å². The van der Waals surface area contributed by atoms with Crippen LogP contribution in [0.3, 0.4) is 0 Å². The molecule has 0 saturated carbocycles. The minimum absolute atomic E-state index is 0.0561. The van der Waals surface area contributed by atoms with Crippen LogP contribution in [0.1, 0.15) is 51.6 Å². The number of nitrogens with zero attached hydrogens (tertiary/aromatic N) is 1. The van der Waals surface area contributed by atoms with Gasteiger partial charge in [0.25, 0.3) is 11.8 Å². The summed E-state index contributed by atoms with van der Waals surface area (Å²) >= 11 is 8.92. The van der Waals surface area contributed by atoms with Gasteiger partial charge in [0.15, 0.2) is 0 Å². The van der Waals surface area contributed by atoms with Gasteiger partial charge < -0.3 is 20.1 Å². The second-order valence-electron chi connectivity index (χ2n) is 11.3. The molecule has 3 amide bonds. The van der Waals surface area contributed by atoms with Crippen LogP contribution in [0, 0.1) is 0 Å². The molecule has 5 aromatic rings. The fraction of sp³-hybridized carbons (Fsp3) is 0.219. The number of halogens is 1. The first-order valence-electron chi connectivity index (χ1n) is 13.6. The first-order valence-corrected chi connectivity index (χ1v) is 15.8. The lowest BCUT2D eigenvalue weighted by Gasteiger charge is -2.19. The number of amides is 3. The first-order chi connectivity index (χ1) is 20.5. The lowest BCUT2D eigenvalue weighted by atomic mass is 9.95. The first kappa shape index (κ1) is 29.0. The maximum atomic E-state index is 13.8. The summed E-state index contributed by atoms with van der Waals surface area (Å²) in [6.07, 6.45) is -0.591. The number of anilines is 3.